The minimum atomic E-state index is -4.31. The van der Waals surface area contributed by atoms with Gasteiger partial charge < -0.3 is 10.5 Å². The van der Waals surface area contributed by atoms with Gasteiger partial charge in [-0.15, -0.1) is 0 Å². The Morgan fingerprint density at radius 2 is 2.00 bits per heavy atom. The van der Waals surface area contributed by atoms with Gasteiger partial charge in [0.1, 0.15) is 5.75 Å². The number of ether oxygens (including phenoxy) is 1. The van der Waals surface area contributed by atoms with E-state index in [0.29, 0.717) is 17.7 Å². The molecule has 1 rings (SSSR count). The molecule has 0 saturated heterocycles. The number of alkyl halides is 3. The summed E-state index contributed by atoms with van der Waals surface area (Å²) >= 11 is 0. The molecule has 2 nitrogen and oxygen atoms in total. The van der Waals surface area contributed by atoms with Crippen LogP contribution in [0.5, 0.6) is 5.75 Å². The van der Waals surface area contributed by atoms with Crippen LogP contribution in [0.2, 0.25) is 0 Å². The Morgan fingerprint density at radius 3 is 2.53 bits per heavy atom. The Morgan fingerprint density at radius 1 is 1.33 bits per heavy atom. The number of nitrogens with two attached hydrogens (primary N) is 1. The van der Waals surface area contributed by atoms with Crippen LogP contribution in [0.25, 0.3) is 0 Å². The standard InChI is InChI=1S/C10H12F3NO/c1-2-7-5-8(14)3-4-9(7)15-6-10(11,12)13/h3-5H,2,6,14H2,1H3. The highest BCUT2D eigenvalue weighted by molar-refractivity contribution is 5.47. The fraction of sp³-hybridized carbons (Fsp3) is 0.400. The third kappa shape index (κ3) is 3.69. The van der Waals surface area contributed by atoms with Gasteiger partial charge in [-0.2, -0.15) is 13.2 Å². The molecule has 2 N–H and O–H groups in total. The lowest BCUT2D eigenvalue weighted by molar-refractivity contribution is -0.153. The van der Waals surface area contributed by atoms with Crippen LogP contribution in [-0.4, -0.2) is 12.8 Å². The van der Waals surface area contributed by atoms with E-state index < -0.39 is 12.8 Å². The van der Waals surface area contributed by atoms with Crippen LogP contribution in [0.3, 0.4) is 0 Å². The zero-order chi connectivity index (χ0) is 11.5. The number of hydrogen-bond donors (Lipinski definition) is 1. The first-order chi connectivity index (χ1) is 6.92. The molecule has 0 bridgehead atoms. The third-order valence-corrected chi connectivity index (χ3v) is 1.86. The molecule has 1 aromatic rings. The number of anilines is 1. The third-order valence-electron chi connectivity index (χ3n) is 1.86. The van der Waals surface area contributed by atoms with E-state index in [2.05, 4.69) is 4.74 Å². The normalized spacial score (nSPS) is 11.5. The Labute approximate surface area is 85.8 Å². The molecule has 0 fully saturated rings. The summed E-state index contributed by atoms with van der Waals surface area (Å²) in [7, 11) is 0. The fourth-order valence-electron chi connectivity index (χ4n) is 1.18. The number of hydrogen-bond acceptors (Lipinski definition) is 2. The highest BCUT2D eigenvalue weighted by atomic mass is 19.4. The summed E-state index contributed by atoms with van der Waals surface area (Å²) < 4.78 is 40.4. The molecule has 0 aliphatic carbocycles. The molecule has 5 heteroatoms. The molecule has 15 heavy (non-hydrogen) atoms. The van der Waals surface area contributed by atoms with Crippen molar-refractivity contribution in [2.45, 2.75) is 19.5 Å². The maximum absolute atomic E-state index is 11.9. The van der Waals surface area contributed by atoms with Crippen molar-refractivity contribution in [1.82, 2.24) is 0 Å². The summed E-state index contributed by atoms with van der Waals surface area (Å²) in [6, 6.07) is 4.59. The van der Waals surface area contributed by atoms with E-state index in [1.54, 1.807) is 6.07 Å². The SMILES string of the molecule is CCc1cc(N)ccc1OCC(F)(F)F. The van der Waals surface area contributed by atoms with Crippen molar-refractivity contribution >= 4 is 5.69 Å². The highest BCUT2D eigenvalue weighted by Gasteiger charge is 2.28. The quantitative estimate of drug-likeness (QED) is 0.793. The van der Waals surface area contributed by atoms with Crippen molar-refractivity contribution in [1.29, 1.82) is 0 Å². The first-order valence-corrected chi connectivity index (χ1v) is 4.50. The van der Waals surface area contributed by atoms with E-state index in [9.17, 15) is 13.2 Å². The van der Waals surface area contributed by atoms with Crippen LogP contribution in [0.15, 0.2) is 18.2 Å². The molecule has 1 aromatic carbocycles. The minimum absolute atomic E-state index is 0.240. The second-order valence-electron chi connectivity index (χ2n) is 3.12. The first kappa shape index (κ1) is 11.7. The van der Waals surface area contributed by atoms with Crippen molar-refractivity contribution in [3.63, 3.8) is 0 Å². The van der Waals surface area contributed by atoms with Crippen molar-refractivity contribution in [2.24, 2.45) is 0 Å². The summed E-state index contributed by atoms with van der Waals surface area (Å²) in [5.74, 6) is 0.240. The van der Waals surface area contributed by atoms with Gasteiger partial charge in [0, 0.05) is 5.69 Å². The molecule has 0 aliphatic heterocycles. The van der Waals surface area contributed by atoms with Gasteiger partial charge >= 0.3 is 6.18 Å². The van der Waals surface area contributed by atoms with Crippen LogP contribution < -0.4 is 10.5 Å². The molecule has 0 aliphatic rings. The van der Waals surface area contributed by atoms with E-state index in [1.807, 2.05) is 6.92 Å². The second kappa shape index (κ2) is 4.42. The van der Waals surface area contributed by atoms with E-state index >= 15 is 0 Å². The monoisotopic (exact) mass is 219 g/mol. The highest BCUT2D eigenvalue weighted by Crippen LogP contribution is 2.24. The predicted octanol–water partition coefficient (Wildman–Crippen LogP) is 2.77. The number of aryl methyl sites for hydroxylation is 1. The Balaban J connectivity index is 2.76. The maximum atomic E-state index is 11.9. The van der Waals surface area contributed by atoms with Crippen molar-refractivity contribution in [3.05, 3.63) is 23.8 Å². The van der Waals surface area contributed by atoms with Crippen LogP contribution in [0, 0.1) is 0 Å². The topological polar surface area (TPSA) is 35.2 Å². The lowest BCUT2D eigenvalue weighted by Crippen LogP contribution is -2.19. The lowest BCUT2D eigenvalue weighted by atomic mass is 10.1. The van der Waals surface area contributed by atoms with Gasteiger partial charge in [0.25, 0.3) is 0 Å². The molecule has 0 heterocycles. The average molecular weight is 219 g/mol. The number of nitrogen functional groups attached to an aromatic ring is 1. The van der Waals surface area contributed by atoms with Gasteiger partial charge in [0.05, 0.1) is 0 Å². The first-order valence-electron chi connectivity index (χ1n) is 4.50. The molecule has 0 spiro atoms. The van der Waals surface area contributed by atoms with Crippen molar-refractivity contribution in [3.8, 4) is 5.75 Å². The van der Waals surface area contributed by atoms with Gasteiger partial charge in [0.2, 0.25) is 0 Å². The molecule has 0 unspecified atom stereocenters. The van der Waals surface area contributed by atoms with Crippen LogP contribution >= 0.6 is 0 Å². The smallest absolute Gasteiger partial charge is 0.422 e. The molecular weight excluding hydrogens is 207 g/mol. The largest absolute Gasteiger partial charge is 0.484 e. The fourth-order valence-corrected chi connectivity index (χ4v) is 1.18. The Kier molecular flexibility index (Phi) is 3.44. The predicted molar refractivity (Wildman–Crippen MR) is 51.8 cm³/mol. The minimum Gasteiger partial charge on any atom is -0.484 e. The van der Waals surface area contributed by atoms with Crippen molar-refractivity contribution < 1.29 is 17.9 Å². The Bertz CT molecular complexity index is 336. The van der Waals surface area contributed by atoms with E-state index in [1.165, 1.54) is 12.1 Å². The number of rotatable bonds is 3. The summed E-state index contributed by atoms with van der Waals surface area (Å²) in [6.45, 7) is 0.555. The zero-order valence-electron chi connectivity index (χ0n) is 8.27. The zero-order valence-corrected chi connectivity index (χ0v) is 8.27. The summed E-state index contributed by atoms with van der Waals surface area (Å²) in [6.07, 6.45) is -3.73. The van der Waals surface area contributed by atoms with Gasteiger partial charge in [-0.3, -0.25) is 0 Å². The maximum Gasteiger partial charge on any atom is 0.422 e. The number of halogens is 3. The molecule has 84 valence electrons. The molecule has 0 saturated carbocycles. The molecule has 0 radical (unpaired) electrons. The average Bonchev–Trinajstić information content (AvgIpc) is 2.14. The van der Waals surface area contributed by atoms with E-state index in [0.717, 1.165) is 0 Å². The lowest BCUT2D eigenvalue weighted by Gasteiger charge is -2.12. The van der Waals surface area contributed by atoms with Gasteiger partial charge in [-0.05, 0) is 30.2 Å². The second-order valence-corrected chi connectivity index (χ2v) is 3.12. The van der Waals surface area contributed by atoms with Crippen LogP contribution in [0.1, 0.15) is 12.5 Å². The van der Waals surface area contributed by atoms with Crippen molar-refractivity contribution in [2.75, 3.05) is 12.3 Å². The molecular formula is C10H12F3NO. The van der Waals surface area contributed by atoms with Crippen LogP contribution in [-0.2, 0) is 6.42 Å². The Hall–Kier alpha value is -1.39. The van der Waals surface area contributed by atoms with E-state index in [4.69, 9.17) is 5.73 Å². The van der Waals surface area contributed by atoms with Gasteiger partial charge in [-0.1, -0.05) is 6.92 Å². The molecule has 0 amide bonds. The molecule has 0 aromatic heterocycles. The number of benzene rings is 1. The summed E-state index contributed by atoms with van der Waals surface area (Å²) in [5, 5.41) is 0. The van der Waals surface area contributed by atoms with Gasteiger partial charge in [-0.25, -0.2) is 0 Å². The van der Waals surface area contributed by atoms with Gasteiger partial charge in [0.15, 0.2) is 6.61 Å². The van der Waals surface area contributed by atoms with Crippen LogP contribution in [0.4, 0.5) is 18.9 Å². The summed E-state index contributed by atoms with van der Waals surface area (Å²) in [5.41, 5.74) is 6.71. The summed E-state index contributed by atoms with van der Waals surface area (Å²) in [4.78, 5) is 0. The van der Waals surface area contributed by atoms with E-state index in [-0.39, 0.29) is 5.75 Å². The molecule has 0 atom stereocenters.